The molecule has 0 aromatic rings. The summed E-state index contributed by atoms with van der Waals surface area (Å²) >= 11 is 0. The number of carbonyl (C=O) groups is 1. The number of hydrogen-bond donors (Lipinski definition) is 1. The van der Waals surface area contributed by atoms with Gasteiger partial charge in [-0.25, -0.2) is 0 Å². The van der Waals surface area contributed by atoms with Crippen molar-refractivity contribution in [3.8, 4) is 0 Å². The summed E-state index contributed by atoms with van der Waals surface area (Å²) in [7, 11) is 0. The molecular formula is C12H21NO3. The Morgan fingerprint density at radius 1 is 1.50 bits per heavy atom. The Labute approximate surface area is 96.7 Å². The molecule has 16 heavy (non-hydrogen) atoms. The molecule has 4 nitrogen and oxygen atoms in total. The van der Waals surface area contributed by atoms with Gasteiger partial charge in [0.1, 0.15) is 11.0 Å². The smallest absolute Gasteiger partial charge is 0.316 e. The van der Waals surface area contributed by atoms with Gasteiger partial charge in [-0.2, -0.15) is 0 Å². The molecule has 4 heteroatoms. The molecule has 2 saturated heterocycles. The van der Waals surface area contributed by atoms with Crippen LogP contribution in [0.4, 0.5) is 0 Å². The fourth-order valence-corrected chi connectivity index (χ4v) is 2.53. The van der Waals surface area contributed by atoms with E-state index in [0.717, 1.165) is 26.0 Å². The van der Waals surface area contributed by atoms with Gasteiger partial charge in [-0.05, 0) is 40.2 Å². The van der Waals surface area contributed by atoms with Crippen LogP contribution in [-0.2, 0) is 14.3 Å². The molecular weight excluding hydrogens is 206 g/mol. The number of hydrogen-bond acceptors (Lipinski definition) is 4. The van der Waals surface area contributed by atoms with Gasteiger partial charge in [0, 0.05) is 12.6 Å². The largest absolute Gasteiger partial charge is 0.459 e. The molecule has 2 aliphatic heterocycles. The lowest BCUT2D eigenvalue weighted by molar-refractivity contribution is -0.176. The van der Waals surface area contributed by atoms with E-state index in [1.54, 1.807) is 0 Å². The molecule has 0 bridgehead atoms. The molecule has 0 radical (unpaired) electrons. The number of nitrogens with one attached hydrogen (secondary N) is 1. The van der Waals surface area contributed by atoms with Crippen LogP contribution in [0.5, 0.6) is 0 Å². The fraction of sp³-hybridized carbons (Fsp3) is 0.917. The van der Waals surface area contributed by atoms with Gasteiger partial charge in [0.05, 0.1) is 6.61 Å². The fourth-order valence-electron chi connectivity index (χ4n) is 2.53. The molecule has 2 aliphatic rings. The molecule has 2 heterocycles. The van der Waals surface area contributed by atoms with Crippen LogP contribution in [0, 0.1) is 5.41 Å². The zero-order chi connectivity index (χ0) is 11.8. The monoisotopic (exact) mass is 227 g/mol. The average Bonchev–Trinajstić information content (AvgIpc) is 2.59. The Kier molecular flexibility index (Phi) is 2.97. The second-order valence-electron chi connectivity index (χ2n) is 5.76. The Bertz CT molecular complexity index is 284. The molecule has 0 spiro atoms. The van der Waals surface area contributed by atoms with Crippen molar-refractivity contribution in [3.05, 3.63) is 0 Å². The number of ether oxygens (including phenoxy) is 2. The Morgan fingerprint density at radius 2 is 2.25 bits per heavy atom. The van der Waals surface area contributed by atoms with Crippen LogP contribution in [-0.4, -0.2) is 37.4 Å². The molecule has 2 rings (SSSR count). The van der Waals surface area contributed by atoms with Crippen molar-refractivity contribution in [1.82, 2.24) is 5.32 Å². The van der Waals surface area contributed by atoms with E-state index >= 15 is 0 Å². The summed E-state index contributed by atoms with van der Waals surface area (Å²) in [5.41, 5.74) is -0.859. The van der Waals surface area contributed by atoms with Gasteiger partial charge in [-0.1, -0.05) is 0 Å². The molecule has 0 unspecified atom stereocenters. The summed E-state index contributed by atoms with van der Waals surface area (Å²) < 4.78 is 11.0. The van der Waals surface area contributed by atoms with E-state index in [2.05, 4.69) is 5.32 Å². The summed E-state index contributed by atoms with van der Waals surface area (Å²) in [4.78, 5) is 12.3. The zero-order valence-corrected chi connectivity index (χ0v) is 10.3. The zero-order valence-electron chi connectivity index (χ0n) is 10.3. The van der Waals surface area contributed by atoms with Crippen LogP contribution in [0.3, 0.4) is 0 Å². The predicted molar refractivity (Wildman–Crippen MR) is 60.1 cm³/mol. The maximum Gasteiger partial charge on any atom is 0.316 e. The Balaban J connectivity index is 2.13. The summed E-state index contributed by atoms with van der Waals surface area (Å²) in [5, 5.41) is 3.39. The first-order valence-electron chi connectivity index (χ1n) is 5.99. The summed E-state index contributed by atoms with van der Waals surface area (Å²) in [6.45, 7) is 7.84. The lowest BCUT2D eigenvalue weighted by Gasteiger charge is -2.38. The standard InChI is InChI=1S/C12H21NO3/c1-11(2,3)16-10(14)12-5-6-13-9(12)4-7-15-8-12/h9,13H,4-8H2,1-3H3/t9-,12-/m0/s1. The van der Waals surface area contributed by atoms with Crippen molar-refractivity contribution in [1.29, 1.82) is 0 Å². The maximum atomic E-state index is 12.3. The van der Waals surface area contributed by atoms with Crippen molar-refractivity contribution in [2.75, 3.05) is 19.8 Å². The Hall–Kier alpha value is -0.610. The molecule has 2 fully saturated rings. The number of esters is 1. The van der Waals surface area contributed by atoms with Crippen LogP contribution in [0.1, 0.15) is 33.6 Å². The highest BCUT2D eigenvalue weighted by Crippen LogP contribution is 2.38. The molecule has 1 N–H and O–H groups in total. The minimum Gasteiger partial charge on any atom is -0.459 e. The Morgan fingerprint density at radius 3 is 2.94 bits per heavy atom. The summed E-state index contributed by atoms with van der Waals surface area (Å²) in [5.74, 6) is -0.102. The molecule has 0 aromatic heterocycles. The van der Waals surface area contributed by atoms with Crippen LogP contribution >= 0.6 is 0 Å². The van der Waals surface area contributed by atoms with Crippen molar-refractivity contribution in [3.63, 3.8) is 0 Å². The minimum atomic E-state index is -0.439. The van der Waals surface area contributed by atoms with Gasteiger partial charge in [-0.15, -0.1) is 0 Å². The van der Waals surface area contributed by atoms with Gasteiger partial charge in [0.2, 0.25) is 0 Å². The third kappa shape index (κ3) is 2.09. The van der Waals surface area contributed by atoms with Gasteiger partial charge in [0.15, 0.2) is 0 Å². The number of rotatable bonds is 1. The first-order valence-corrected chi connectivity index (χ1v) is 5.99. The highest BCUT2D eigenvalue weighted by Gasteiger charge is 2.52. The normalized spacial score (nSPS) is 34.6. The van der Waals surface area contributed by atoms with Crippen LogP contribution < -0.4 is 5.32 Å². The van der Waals surface area contributed by atoms with E-state index in [4.69, 9.17) is 9.47 Å². The third-order valence-corrected chi connectivity index (χ3v) is 3.34. The summed E-state index contributed by atoms with van der Waals surface area (Å²) in [6, 6.07) is 0.232. The predicted octanol–water partition coefficient (Wildman–Crippen LogP) is 1.10. The van der Waals surface area contributed by atoms with Crippen molar-refractivity contribution >= 4 is 5.97 Å². The molecule has 92 valence electrons. The molecule has 0 aliphatic carbocycles. The van der Waals surface area contributed by atoms with Crippen molar-refractivity contribution in [2.24, 2.45) is 5.41 Å². The van der Waals surface area contributed by atoms with Gasteiger partial charge in [-0.3, -0.25) is 4.79 Å². The van der Waals surface area contributed by atoms with Crippen LogP contribution in [0.2, 0.25) is 0 Å². The van der Waals surface area contributed by atoms with E-state index in [9.17, 15) is 4.79 Å². The number of fused-ring (bicyclic) bond motifs is 1. The third-order valence-electron chi connectivity index (χ3n) is 3.34. The maximum absolute atomic E-state index is 12.3. The van der Waals surface area contributed by atoms with E-state index in [-0.39, 0.29) is 12.0 Å². The highest BCUT2D eigenvalue weighted by molar-refractivity contribution is 5.79. The molecule has 2 atom stereocenters. The quantitative estimate of drug-likeness (QED) is 0.681. The van der Waals surface area contributed by atoms with E-state index in [0.29, 0.717) is 6.61 Å². The van der Waals surface area contributed by atoms with E-state index < -0.39 is 11.0 Å². The van der Waals surface area contributed by atoms with Crippen LogP contribution in [0.15, 0.2) is 0 Å². The van der Waals surface area contributed by atoms with Gasteiger partial charge < -0.3 is 14.8 Å². The minimum absolute atomic E-state index is 0.102. The lowest BCUT2D eigenvalue weighted by Crippen LogP contribution is -2.52. The second-order valence-corrected chi connectivity index (χ2v) is 5.76. The van der Waals surface area contributed by atoms with Gasteiger partial charge >= 0.3 is 5.97 Å². The first kappa shape index (κ1) is 11.9. The lowest BCUT2D eigenvalue weighted by atomic mass is 9.78. The summed E-state index contributed by atoms with van der Waals surface area (Å²) in [6.07, 6.45) is 1.73. The molecule has 0 aromatic carbocycles. The highest BCUT2D eigenvalue weighted by atomic mass is 16.6. The van der Waals surface area contributed by atoms with Crippen molar-refractivity contribution < 1.29 is 14.3 Å². The van der Waals surface area contributed by atoms with Crippen molar-refractivity contribution in [2.45, 2.75) is 45.3 Å². The van der Waals surface area contributed by atoms with E-state index in [1.807, 2.05) is 20.8 Å². The average molecular weight is 227 g/mol. The van der Waals surface area contributed by atoms with E-state index in [1.165, 1.54) is 0 Å². The van der Waals surface area contributed by atoms with Gasteiger partial charge in [0.25, 0.3) is 0 Å². The molecule has 0 amide bonds. The SMILES string of the molecule is CC(C)(C)OC(=O)[C@]12CCN[C@H]1CCOC2. The first-order chi connectivity index (χ1) is 7.44. The topological polar surface area (TPSA) is 47.6 Å². The second kappa shape index (κ2) is 4.00. The van der Waals surface area contributed by atoms with Crippen LogP contribution in [0.25, 0.3) is 0 Å². The molecule has 0 saturated carbocycles. The number of carbonyl (C=O) groups excluding carboxylic acids is 1.